The Morgan fingerprint density at radius 3 is 2.64 bits per heavy atom. The molecule has 0 bridgehead atoms. The van der Waals surface area contributed by atoms with E-state index in [9.17, 15) is 4.79 Å². The number of rotatable bonds is 4. The minimum absolute atomic E-state index is 0.259. The van der Waals surface area contributed by atoms with Crippen molar-refractivity contribution in [1.29, 1.82) is 0 Å². The van der Waals surface area contributed by atoms with Crippen LogP contribution in [0.5, 0.6) is 0 Å². The van der Waals surface area contributed by atoms with E-state index in [1.807, 2.05) is 0 Å². The number of carboxylic acid groups (broad SMARTS) is 1. The highest BCUT2D eigenvalue weighted by atomic mass is 32.1. The maximum absolute atomic E-state index is 10.4. The molecule has 78 valence electrons. The van der Waals surface area contributed by atoms with Gasteiger partial charge in [-0.15, -0.1) is 11.3 Å². The van der Waals surface area contributed by atoms with Crippen LogP contribution in [0.1, 0.15) is 41.0 Å². The van der Waals surface area contributed by atoms with Gasteiger partial charge in [0, 0.05) is 16.2 Å². The topological polar surface area (TPSA) is 37.3 Å². The lowest BCUT2D eigenvalue weighted by Crippen LogP contribution is -2.00. The predicted octanol–water partition coefficient (Wildman–Crippen LogP) is 3.33. The average Bonchev–Trinajstić information content (AvgIpc) is 2.41. The average molecular weight is 212 g/mol. The van der Waals surface area contributed by atoms with Crippen molar-refractivity contribution in [3.8, 4) is 0 Å². The summed E-state index contributed by atoms with van der Waals surface area (Å²) in [6, 6.07) is 2.17. The van der Waals surface area contributed by atoms with Crippen molar-refractivity contribution in [3.63, 3.8) is 0 Å². The summed E-state index contributed by atoms with van der Waals surface area (Å²) < 4.78 is 0. The van der Waals surface area contributed by atoms with Crippen molar-refractivity contribution >= 4 is 17.3 Å². The fourth-order valence-corrected chi connectivity index (χ4v) is 2.68. The molecule has 1 heterocycles. The van der Waals surface area contributed by atoms with Gasteiger partial charge in [0.15, 0.2) is 0 Å². The van der Waals surface area contributed by atoms with Gasteiger partial charge in [0.1, 0.15) is 0 Å². The zero-order valence-electron chi connectivity index (χ0n) is 8.83. The lowest BCUT2D eigenvalue weighted by molar-refractivity contribution is -0.137. The van der Waals surface area contributed by atoms with E-state index in [0.717, 1.165) is 6.42 Å². The molecule has 0 aliphatic carbocycles. The first-order valence-corrected chi connectivity index (χ1v) is 5.61. The molecule has 0 radical (unpaired) electrons. The molecule has 1 rings (SSSR count). The molecule has 0 aromatic carbocycles. The van der Waals surface area contributed by atoms with Gasteiger partial charge in [-0.1, -0.05) is 6.92 Å². The van der Waals surface area contributed by atoms with Crippen LogP contribution in [-0.2, 0) is 4.79 Å². The number of carbonyl (C=O) groups is 1. The standard InChI is InChI=1S/C11H16O2S/c1-7(4-5-11(12)13)10-6-8(2)14-9(10)3/h6-7H,4-5H2,1-3H3,(H,12,13). The zero-order valence-corrected chi connectivity index (χ0v) is 9.65. The van der Waals surface area contributed by atoms with Gasteiger partial charge in [0.05, 0.1) is 0 Å². The summed E-state index contributed by atoms with van der Waals surface area (Å²) in [5.74, 6) is -0.350. The summed E-state index contributed by atoms with van der Waals surface area (Å²) in [5.41, 5.74) is 1.31. The Hall–Kier alpha value is -0.830. The zero-order chi connectivity index (χ0) is 10.7. The van der Waals surface area contributed by atoms with Crippen LogP contribution in [-0.4, -0.2) is 11.1 Å². The summed E-state index contributed by atoms with van der Waals surface area (Å²) in [5, 5.41) is 8.59. The van der Waals surface area contributed by atoms with E-state index in [-0.39, 0.29) is 6.42 Å². The maximum Gasteiger partial charge on any atom is 0.303 e. The van der Waals surface area contributed by atoms with E-state index in [1.54, 1.807) is 11.3 Å². The molecule has 1 aromatic rings. The molecule has 0 saturated carbocycles. The molecule has 2 nitrogen and oxygen atoms in total. The summed E-state index contributed by atoms with van der Waals surface area (Å²) in [4.78, 5) is 13.1. The summed E-state index contributed by atoms with van der Waals surface area (Å²) in [6.45, 7) is 6.28. The number of carboxylic acids is 1. The molecule has 1 unspecified atom stereocenters. The van der Waals surface area contributed by atoms with E-state index >= 15 is 0 Å². The Kier molecular flexibility index (Phi) is 3.69. The number of aryl methyl sites for hydroxylation is 2. The third-order valence-corrected chi connectivity index (χ3v) is 3.38. The van der Waals surface area contributed by atoms with Crippen LogP contribution in [0.3, 0.4) is 0 Å². The van der Waals surface area contributed by atoms with E-state index in [0.29, 0.717) is 5.92 Å². The molecule has 14 heavy (non-hydrogen) atoms. The minimum Gasteiger partial charge on any atom is -0.481 e. The molecule has 3 heteroatoms. The van der Waals surface area contributed by atoms with Crippen LogP contribution in [0.4, 0.5) is 0 Å². The smallest absolute Gasteiger partial charge is 0.303 e. The lowest BCUT2D eigenvalue weighted by Gasteiger charge is -2.08. The molecule has 0 spiro atoms. The predicted molar refractivity (Wildman–Crippen MR) is 59.1 cm³/mol. The Morgan fingerprint density at radius 1 is 1.57 bits per heavy atom. The molecule has 1 N–H and O–H groups in total. The highest BCUT2D eigenvalue weighted by Crippen LogP contribution is 2.29. The van der Waals surface area contributed by atoms with Crippen molar-refractivity contribution in [1.82, 2.24) is 0 Å². The second-order valence-corrected chi connectivity index (χ2v) is 5.16. The van der Waals surface area contributed by atoms with Crippen molar-refractivity contribution in [2.45, 2.75) is 39.5 Å². The van der Waals surface area contributed by atoms with E-state index < -0.39 is 5.97 Å². The molecular weight excluding hydrogens is 196 g/mol. The summed E-state index contributed by atoms with van der Waals surface area (Å²) in [6.07, 6.45) is 0.988. The largest absolute Gasteiger partial charge is 0.481 e. The highest BCUT2D eigenvalue weighted by Gasteiger charge is 2.12. The van der Waals surface area contributed by atoms with Crippen LogP contribution in [0, 0.1) is 13.8 Å². The number of hydrogen-bond acceptors (Lipinski definition) is 2. The first-order valence-electron chi connectivity index (χ1n) is 4.79. The summed E-state index contributed by atoms with van der Waals surface area (Å²) >= 11 is 1.78. The van der Waals surface area contributed by atoms with Crippen LogP contribution in [0.15, 0.2) is 6.07 Å². The molecule has 0 aliphatic rings. The molecular formula is C11H16O2S. The summed E-state index contributed by atoms with van der Waals surface area (Å²) in [7, 11) is 0. The lowest BCUT2D eigenvalue weighted by atomic mass is 9.97. The van der Waals surface area contributed by atoms with Crippen LogP contribution in [0.2, 0.25) is 0 Å². The number of hydrogen-bond donors (Lipinski definition) is 1. The van der Waals surface area contributed by atoms with Crippen molar-refractivity contribution < 1.29 is 9.90 Å². The third kappa shape index (κ3) is 2.84. The first-order chi connectivity index (χ1) is 6.50. The van der Waals surface area contributed by atoms with Gasteiger partial charge in [-0.2, -0.15) is 0 Å². The Labute approximate surface area is 88.6 Å². The second kappa shape index (κ2) is 4.60. The quantitative estimate of drug-likeness (QED) is 0.831. The molecule has 1 atom stereocenters. The second-order valence-electron chi connectivity index (χ2n) is 3.70. The molecule has 0 fully saturated rings. The fourth-order valence-electron chi connectivity index (χ4n) is 1.64. The van der Waals surface area contributed by atoms with Gasteiger partial charge < -0.3 is 5.11 Å². The highest BCUT2D eigenvalue weighted by molar-refractivity contribution is 7.12. The SMILES string of the molecule is Cc1cc(C(C)CCC(=O)O)c(C)s1. The molecule has 0 aliphatic heterocycles. The molecule has 1 aromatic heterocycles. The van der Waals surface area contributed by atoms with Crippen molar-refractivity contribution in [2.24, 2.45) is 0 Å². The van der Waals surface area contributed by atoms with E-state index in [2.05, 4.69) is 26.8 Å². The third-order valence-electron chi connectivity index (χ3n) is 2.40. The number of thiophene rings is 1. The van der Waals surface area contributed by atoms with Crippen LogP contribution >= 0.6 is 11.3 Å². The monoisotopic (exact) mass is 212 g/mol. The van der Waals surface area contributed by atoms with Gasteiger partial charge in [-0.25, -0.2) is 0 Å². The first kappa shape index (κ1) is 11.2. The van der Waals surface area contributed by atoms with Crippen LogP contribution < -0.4 is 0 Å². The maximum atomic E-state index is 10.4. The van der Waals surface area contributed by atoms with Gasteiger partial charge in [-0.3, -0.25) is 4.79 Å². The van der Waals surface area contributed by atoms with Gasteiger partial charge in [0.2, 0.25) is 0 Å². The van der Waals surface area contributed by atoms with Gasteiger partial charge in [-0.05, 0) is 37.8 Å². The van der Waals surface area contributed by atoms with E-state index in [1.165, 1.54) is 15.3 Å². The van der Waals surface area contributed by atoms with Gasteiger partial charge >= 0.3 is 5.97 Å². The van der Waals surface area contributed by atoms with Crippen molar-refractivity contribution in [3.05, 3.63) is 21.4 Å². The minimum atomic E-state index is -0.707. The van der Waals surface area contributed by atoms with E-state index in [4.69, 9.17) is 5.11 Å². The fraction of sp³-hybridized carbons (Fsp3) is 0.545. The Morgan fingerprint density at radius 2 is 2.21 bits per heavy atom. The number of aliphatic carboxylic acids is 1. The molecule has 0 amide bonds. The van der Waals surface area contributed by atoms with Crippen molar-refractivity contribution in [2.75, 3.05) is 0 Å². The molecule has 0 saturated heterocycles. The Balaban J connectivity index is 2.64. The Bertz CT molecular complexity index is 328. The van der Waals surface area contributed by atoms with Gasteiger partial charge in [0.25, 0.3) is 0 Å². The van der Waals surface area contributed by atoms with Crippen LogP contribution in [0.25, 0.3) is 0 Å². The normalized spacial score (nSPS) is 12.8.